The maximum Gasteiger partial charge on any atom is 0.344 e. The third kappa shape index (κ3) is 3.18. The monoisotopic (exact) mass is 314 g/mol. The molecule has 0 saturated carbocycles. The molecule has 1 aromatic carbocycles. The minimum atomic E-state index is -0.776. The number of hydrogen-bond donors (Lipinski definition) is 1. The third-order valence-electron chi connectivity index (χ3n) is 3.09. The topological polar surface area (TPSA) is 85.2 Å². The first-order valence-corrected chi connectivity index (χ1v) is 6.70. The van der Waals surface area contributed by atoms with Crippen molar-refractivity contribution in [1.29, 1.82) is 0 Å². The fraction of sp³-hybridized carbons (Fsp3) is 0.0625. The Balaban J connectivity index is 1.71. The Labute approximate surface area is 129 Å². The molecule has 0 unspecified atom stereocenters. The van der Waals surface area contributed by atoms with Crippen LogP contribution in [0.4, 0.5) is 4.39 Å². The van der Waals surface area contributed by atoms with E-state index in [4.69, 9.17) is 9.26 Å². The lowest BCUT2D eigenvalue weighted by Gasteiger charge is -2.00. The second-order valence-electron chi connectivity index (χ2n) is 4.65. The van der Waals surface area contributed by atoms with Crippen LogP contribution < -0.4 is 5.56 Å². The highest BCUT2D eigenvalue weighted by atomic mass is 19.1. The summed E-state index contributed by atoms with van der Waals surface area (Å²) >= 11 is 0. The molecule has 0 aliphatic carbocycles. The highest BCUT2D eigenvalue weighted by Crippen LogP contribution is 2.23. The van der Waals surface area contributed by atoms with E-state index >= 15 is 0 Å². The Morgan fingerprint density at radius 2 is 2.09 bits per heavy atom. The molecule has 116 valence electrons. The number of carbonyl (C=O) groups is 1. The molecule has 23 heavy (non-hydrogen) atoms. The molecule has 0 saturated heterocycles. The first kappa shape index (κ1) is 14.7. The molecule has 7 heteroatoms. The van der Waals surface area contributed by atoms with E-state index in [1.54, 1.807) is 18.2 Å². The van der Waals surface area contributed by atoms with Crippen LogP contribution in [-0.2, 0) is 11.3 Å². The van der Waals surface area contributed by atoms with E-state index in [9.17, 15) is 14.0 Å². The van der Waals surface area contributed by atoms with Gasteiger partial charge in [-0.1, -0.05) is 17.3 Å². The maximum absolute atomic E-state index is 13.7. The highest BCUT2D eigenvalue weighted by molar-refractivity contribution is 5.88. The molecule has 0 radical (unpaired) electrons. The van der Waals surface area contributed by atoms with E-state index in [2.05, 4.69) is 10.1 Å². The summed E-state index contributed by atoms with van der Waals surface area (Å²) in [5, 5.41) is 3.72. The lowest BCUT2D eigenvalue weighted by molar-refractivity contribution is 0.0462. The number of nitrogens with zero attached hydrogens (tertiary/aromatic N) is 1. The van der Waals surface area contributed by atoms with Crippen molar-refractivity contribution < 1.29 is 18.4 Å². The second-order valence-corrected chi connectivity index (χ2v) is 4.65. The molecule has 2 heterocycles. The Bertz CT molecular complexity index is 901. The molecule has 0 spiro atoms. The van der Waals surface area contributed by atoms with Gasteiger partial charge in [-0.25, -0.2) is 9.18 Å². The van der Waals surface area contributed by atoms with Gasteiger partial charge in [-0.05, 0) is 24.3 Å². The van der Waals surface area contributed by atoms with E-state index in [0.29, 0.717) is 5.69 Å². The van der Waals surface area contributed by atoms with Gasteiger partial charge in [0, 0.05) is 12.3 Å². The average molecular weight is 314 g/mol. The molecule has 0 amide bonds. The quantitative estimate of drug-likeness (QED) is 0.748. The predicted molar refractivity (Wildman–Crippen MR) is 78.1 cm³/mol. The zero-order chi connectivity index (χ0) is 16.2. The van der Waals surface area contributed by atoms with Crippen molar-refractivity contribution in [3.05, 3.63) is 76.1 Å². The predicted octanol–water partition coefficient (Wildman–Crippen LogP) is 2.53. The minimum Gasteiger partial charge on any atom is -0.455 e. The van der Waals surface area contributed by atoms with Gasteiger partial charge in [0.25, 0.3) is 5.56 Å². The summed E-state index contributed by atoms with van der Waals surface area (Å²) in [5.41, 5.74) is -0.0731. The molecule has 0 fully saturated rings. The van der Waals surface area contributed by atoms with Crippen molar-refractivity contribution in [2.45, 2.75) is 6.61 Å². The SMILES string of the molecule is O=C(OCc1cc(-c2ccccc2F)on1)c1ccc[nH]c1=O. The van der Waals surface area contributed by atoms with E-state index in [-0.39, 0.29) is 23.5 Å². The fourth-order valence-electron chi connectivity index (χ4n) is 1.97. The summed E-state index contributed by atoms with van der Waals surface area (Å²) in [6, 6.07) is 10.4. The Hall–Kier alpha value is -3.22. The van der Waals surface area contributed by atoms with Crippen molar-refractivity contribution in [1.82, 2.24) is 10.1 Å². The molecule has 3 aromatic rings. The smallest absolute Gasteiger partial charge is 0.344 e. The summed E-state index contributed by atoms with van der Waals surface area (Å²) in [7, 11) is 0. The van der Waals surface area contributed by atoms with Gasteiger partial charge in [-0.2, -0.15) is 0 Å². The number of aromatic amines is 1. The van der Waals surface area contributed by atoms with Gasteiger partial charge in [0.05, 0.1) is 5.56 Å². The van der Waals surface area contributed by atoms with Crippen LogP contribution in [0.5, 0.6) is 0 Å². The number of halogens is 1. The van der Waals surface area contributed by atoms with E-state index in [1.807, 2.05) is 0 Å². The summed E-state index contributed by atoms with van der Waals surface area (Å²) in [6.45, 7) is -0.189. The number of carbonyl (C=O) groups excluding carboxylic acids is 1. The minimum absolute atomic E-state index is 0.106. The van der Waals surface area contributed by atoms with Gasteiger partial charge >= 0.3 is 5.97 Å². The number of nitrogens with one attached hydrogen (secondary N) is 1. The van der Waals surface area contributed by atoms with Crippen LogP contribution in [0.3, 0.4) is 0 Å². The lowest BCUT2D eigenvalue weighted by Crippen LogP contribution is -2.18. The number of ether oxygens (including phenoxy) is 1. The lowest BCUT2D eigenvalue weighted by atomic mass is 10.1. The number of hydrogen-bond acceptors (Lipinski definition) is 5. The summed E-state index contributed by atoms with van der Waals surface area (Å²) in [5.74, 6) is -0.989. The van der Waals surface area contributed by atoms with Crippen LogP contribution in [-0.4, -0.2) is 16.1 Å². The van der Waals surface area contributed by atoms with Gasteiger partial charge in [-0.15, -0.1) is 0 Å². The van der Waals surface area contributed by atoms with E-state index < -0.39 is 17.3 Å². The first-order chi connectivity index (χ1) is 11.1. The third-order valence-corrected chi connectivity index (χ3v) is 3.09. The Morgan fingerprint density at radius 3 is 2.87 bits per heavy atom. The molecule has 1 N–H and O–H groups in total. The summed E-state index contributed by atoms with van der Waals surface area (Å²) < 4.78 is 23.7. The maximum atomic E-state index is 13.7. The van der Waals surface area contributed by atoms with Crippen LogP contribution in [0.15, 0.2) is 58.0 Å². The van der Waals surface area contributed by atoms with Crippen LogP contribution in [0, 0.1) is 5.82 Å². The van der Waals surface area contributed by atoms with E-state index in [0.717, 1.165) is 0 Å². The number of pyridine rings is 1. The zero-order valence-corrected chi connectivity index (χ0v) is 11.8. The molecular weight excluding hydrogens is 303 g/mol. The van der Waals surface area contributed by atoms with E-state index in [1.165, 1.54) is 30.5 Å². The number of H-pyrrole nitrogens is 1. The molecule has 0 bridgehead atoms. The average Bonchev–Trinajstić information content (AvgIpc) is 3.02. The molecule has 6 nitrogen and oxygen atoms in total. The van der Waals surface area contributed by atoms with Crippen molar-refractivity contribution in [3.63, 3.8) is 0 Å². The van der Waals surface area contributed by atoms with Crippen molar-refractivity contribution >= 4 is 5.97 Å². The van der Waals surface area contributed by atoms with Crippen molar-refractivity contribution in [2.24, 2.45) is 0 Å². The van der Waals surface area contributed by atoms with Gasteiger partial charge in [-0.3, -0.25) is 4.79 Å². The van der Waals surface area contributed by atoms with Crippen LogP contribution in [0.25, 0.3) is 11.3 Å². The molecular formula is C16H11FN2O4. The largest absolute Gasteiger partial charge is 0.455 e. The van der Waals surface area contributed by atoms with Gasteiger partial charge < -0.3 is 14.2 Å². The normalized spacial score (nSPS) is 10.5. The number of aromatic nitrogens is 2. The second kappa shape index (κ2) is 6.27. The molecule has 3 rings (SSSR count). The summed E-state index contributed by atoms with van der Waals surface area (Å²) in [4.78, 5) is 25.7. The number of benzene rings is 1. The molecule has 2 aromatic heterocycles. The molecule has 0 atom stereocenters. The van der Waals surface area contributed by atoms with Gasteiger partial charge in [0.2, 0.25) is 0 Å². The molecule has 0 aliphatic heterocycles. The van der Waals surface area contributed by atoms with Crippen LogP contribution in [0.2, 0.25) is 0 Å². The van der Waals surface area contributed by atoms with Crippen molar-refractivity contribution in [3.8, 4) is 11.3 Å². The van der Waals surface area contributed by atoms with Gasteiger partial charge in [0.1, 0.15) is 23.7 Å². The fourth-order valence-corrected chi connectivity index (χ4v) is 1.97. The van der Waals surface area contributed by atoms with Crippen LogP contribution >= 0.6 is 0 Å². The Kier molecular flexibility index (Phi) is 4.01. The van der Waals surface area contributed by atoms with Gasteiger partial charge in [0.15, 0.2) is 5.76 Å². The van der Waals surface area contributed by atoms with Crippen LogP contribution in [0.1, 0.15) is 16.1 Å². The summed E-state index contributed by atoms with van der Waals surface area (Å²) in [6.07, 6.45) is 1.41. The standard InChI is InChI=1S/C16H11FN2O4/c17-13-6-2-1-4-11(13)14-8-10(19-23-14)9-22-16(21)12-5-3-7-18-15(12)20/h1-8H,9H2,(H,18,20). The Morgan fingerprint density at radius 1 is 1.26 bits per heavy atom. The van der Waals surface area contributed by atoms with Crippen molar-refractivity contribution in [2.75, 3.05) is 0 Å². The zero-order valence-electron chi connectivity index (χ0n) is 11.8. The number of rotatable bonds is 4. The highest BCUT2D eigenvalue weighted by Gasteiger charge is 2.14. The first-order valence-electron chi connectivity index (χ1n) is 6.70. The molecule has 0 aliphatic rings. The number of esters is 1.